The van der Waals surface area contributed by atoms with Gasteiger partial charge in [-0.25, -0.2) is 0 Å². The highest BCUT2D eigenvalue weighted by Crippen LogP contribution is 2.42. The van der Waals surface area contributed by atoms with Crippen molar-refractivity contribution in [3.05, 3.63) is 87.6 Å². The molecule has 0 spiro atoms. The van der Waals surface area contributed by atoms with Gasteiger partial charge in [0.2, 0.25) is 0 Å². The molecule has 1 amide bonds. The molecular weight excluding hydrogens is 450 g/mol. The summed E-state index contributed by atoms with van der Waals surface area (Å²) in [6.07, 6.45) is 0. The zero-order valence-electron chi connectivity index (χ0n) is 19.4. The Kier molecular flexibility index (Phi) is 7.03. The quantitative estimate of drug-likeness (QED) is 0.267. The molecule has 176 valence electrons. The van der Waals surface area contributed by atoms with Crippen LogP contribution in [0.15, 0.2) is 71.6 Å². The van der Waals surface area contributed by atoms with E-state index in [9.17, 15) is 14.7 Å². The maximum absolute atomic E-state index is 13.2. The highest BCUT2D eigenvalue weighted by Gasteiger charge is 2.46. The standard InChI is InChI=1S/C27H27NO5S/c1-17(2)16-33-20-12-10-18(11-13-20)25(29)23-24(22-9-6-14-34-22)28(27(31)26(23)30)15-19-7-4-5-8-21(19)32-3/h4-14,17,24,29H,15-16H2,1-3H3/b25-23-. The van der Waals surface area contributed by atoms with E-state index in [1.807, 2.05) is 41.8 Å². The van der Waals surface area contributed by atoms with Crippen LogP contribution in [0.4, 0.5) is 0 Å². The molecule has 7 heteroatoms. The Bertz CT molecular complexity index is 1200. The number of carbonyl (C=O) groups excluding carboxylic acids is 2. The second-order valence-corrected chi connectivity index (χ2v) is 9.46. The van der Waals surface area contributed by atoms with Crippen LogP contribution in [0, 0.1) is 5.92 Å². The maximum atomic E-state index is 13.2. The molecule has 1 unspecified atom stereocenters. The number of ether oxygens (including phenoxy) is 2. The molecule has 1 fully saturated rings. The number of likely N-dealkylation sites (tertiary alicyclic amines) is 1. The van der Waals surface area contributed by atoms with E-state index in [2.05, 4.69) is 13.8 Å². The molecule has 1 N–H and O–H groups in total. The molecule has 0 aliphatic carbocycles. The van der Waals surface area contributed by atoms with E-state index in [1.165, 1.54) is 16.2 Å². The molecule has 2 heterocycles. The normalized spacial score (nSPS) is 17.4. The number of aliphatic hydroxyl groups is 1. The number of aliphatic hydroxyl groups excluding tert-OH is 1. The van der Waals surface area contributed by atoms with Crippen LogP contribution in [-0.4, -0.2) is 35.4 Å². The Hall–Kier alpha value is -3.58. The van der Waals surface area contributed by atoms with E-state index >= 15 is 0 Å². The minimum atomic E-state index is -0.703. The fourth-order valence-corrected chi connectivity index (χ4v) is 4.78. The number of methoxy groups -OCH3 is 1. The molecule has 4 rings (SSSR count). The average Bonchev–Trinajstić information content (AvgIpc) is 3.46. The summed E-state index contributed by atoms with van der Waals surface area (Å²) < 4.78 is 11.2. The molecule has 3 aromatic rings. The van der Waals surface area contributed by atoms with Crippen molar-refractivity contribution < 1.29 is 24.2 Å². The number of nitrogens with zero attached hydrogens (tertiary/aromatic N) is 1. The number of carbonyl (C=O) groups is 2. The van der Waals surface area contributed by atoms with Crippen LogP contribution >= 0.6 is 11.3 Å². The third-order valence-corrected chi connectivity index (χ3v) is 6.52. The molecule has 0 saturated carbocycles. The summed E-state index contributed by atoms with van der Waals surface area (Å²) in [6, 6.07) is 17.3. The van der Waals surface area contributed by atoms with Crippen LogP contribution in [0.2, 0.25) is 0 Å². The van der Waals surface area contributed by atoms with Crippen molar-refractivity contribution in [2.75, 3.05) is 13.7 Å². The summed E-state index contributed by atoms with van der Waals surface area (Å²) in [5.74, 6) is 0.143. The topological polar surface area (TPSA) is 76.1 Å². The first kappa shape index (κ1) is 23.6. The first-order valence-corrected chi connectivity index (χ1v) is 12.0. The van der Waals surface area contributed by atoms with Gasteiger partial charge in [0.25, 0.3) is 11.7 Å². The Morgan fingerprint density at radius 1 is 1.06 bits per heavy atom. The highest BCUT2D eigenvalue weighted by atomic mass is 32.1. The van der Waals surface area contributed by atoms with Crippen LogP contribution in [0.5, 0.6) is 11.5 Å². The minimum absolute atomic E-state index is 0.0817. The molecule has 0 bridgehead atoms. The first-order chi connectivity index (χ1) is 16.4. The lowest BCUT2D eigenvalue weighted by Gasteiger charge is -2.25. The van der Waals surface area contributed by atoms with Crippen LogP contribution in [0.3, 0.4) is 0 Å². The maximum Gasteiger partial charge on any atom is 0.295 e. The lowest BCUT2D eigenvalue weighted by atomic mass is 9.99. The summed E-state index contributed by atoms with van der Waals surface area (Å²) in [5.41, 5.74) is 1.31. The zero-order chi connectivity index (χ0) is 24.2. The van der Waals surface area contributed by atoms with Crippen molar-refractivity contribution in [2.24, 2.45) is 5.92 Å². The zero-order valence-corrected chi connectivity index (χ0v) is 20.2. The second kappa shape index (κ2) is 10.1. The van der Waals surface area contributed by atoms with Crippen molar-refractivity contribution in [1.82, 2.24) is 4.90 Å². The van der Waals surface area contributed by atoms with Gasteiger partial charge in [0.15, 0.2) is 0 Å². The van der Waals surface area contributed by atoms with Gasteiger partial charge in [0, 0.05) is 16.0 Å². The summed E-state index contributed by atoms with van der Waals surface area (Å²) in [6.45, 7) is 4.89. The van der Waals surface area contributed by atoms with Crippen molar-refractivity contribution in [3.63, 3.8) is 0 Å². The van der Waals surface area contributed by atoms with Gasteiger partial charge in [-0.05, 0) is 47.7 Å². The van der Waals surface area contributed by atoms with E-state index in [-0.39, 0.29) is 17.9 Å². The first-order valence-electron chi connectivity index (χ1n) is 11.1. The number of amides is 1. The minimum Gasteiger partial charge on any atom is -0.507 e. The van der Waals surface area contributed by atoms with E-state index in [0.29, 0.717) is 29.6 Å². The van der Waals surface area contributed by atoms with Gasteiger partial charge in [-0.2, -0.15) is 0 Å². The van der Waals surface area contributed by atoms with Crippen LogP contribution in [0.25, 0.3) is 5.76 Å². The summed E-state index contributed by atoms with van der Waals surface area (Å²) >= 11 is 1.43. The second-order valence-electron chi connectivity index (χ2n) is 8.48. The lowest BCUT2D eigenvalue weighted by molar-refractivity contribution is -0.140. The molecule has 1 aromatic heterocycles. The fraction of sp³-hybridized carbons (Fsp3) is 0.259. The number of rotatable bonds is 8. The van der Waals surface area contributed by atoms with E-state index in [4.69, 9.17) is 9.47 Å². The van der Waals surface area contributed by atoms with E-state index < -0.39 is 17.7 Å². The molecule has 1 atom stereocenters. The molecular formula is C27H27NO5S. The van der Waals surface area contributed by atoms with Crippen molar-refractivity contribution in [2.45, 2.75) is 26.4 Å². The van der Waals surface area contributed by atoms with Crippen LogP contribution in [-0.2, 0) is 16.1 Å². The predicted octanol–water partition coefficient (Wildman–Crippen LogP) is 5.41. The summed E-state index contributed by atoms with van der Waals surface area (Å²) in [4.78, 5) is 28.6. The van der Waals surface area contributed by atoms with Gasteiger partial charge in [0.1, 0.15) is 17.3 Å². The summed E-state index contributed by atoms with van der Waals surface area (Å²) in [7, 11) is 1.57. The molecule has 1 saturated heterocycles. The third-order valence-electron chi connectivity index (χ3n) is 5.60. The fourth-order valence-electron chi connectivity index (χ4n) is 3.93. The van der Waals surface area contributed by atoms with Gasteiger partial charge in [-0.1, -0.05) is 38.1 Å². The lowest BCUT2D eigenvalue weighted by Crippen LogP contribution is -2.29. The Morgan fingerprint density at radius 3 is 2.44 bits per heavy atom. The largest absolute Gasteiger partial charge is 0.507 e. The SMILES string of the molecule is COc1ccccc1CN1C(=O)C(=O)/C(=C(\O)c2ccc(OCC(C)C)cc2)C1c1cccs1. The Labute approximate surface area is 203 Å². The number of Topliss-reactive ketones (excluding diaryl/α,β-unsaturated/α-hetero) is 1. The molecule has 1 aliphatic rings. The number of para-hydroxylation sites is 1. The predicted molar refractivity (Wildman–Crippen MR) is 132 cm³/mol. The van der Waals surface area contributed by atoms with Crippen molar-refractivity contribution in [3.8, 4) is 11.5 Å². The molecule has 0 radical (unpaired) electrons. The van der Waals surface area contributed by atoms with Crippen LogP contribution < -0.4 is 9.47 Å². The van der Waals surface area contributed by atoms with Gasteiger partial charge >= 0.3 is 0 Å². The Morgan fingerprint density at radius 2 is 1.79 bits per heavy atom. The van der Waals surface area contributed by atoms with E-state index in [0.717, 1.165) is 10.4 Å². The number of benzene rings is 2. The number of thiophene rings is 1. The number of ketones is 1. The number of hydrogen-bond acceptors (Lipinski definition) is 6. The van der Waals surface area contributed by atoms with Gasteiger partial charge < -0.3 is 19.5 Å². The van der Waals surface area contributed by atoms with Crippen molar-refractivity contribution >= 4 is 28.8 Å². The third kappa shape index (κ3) is 4.70. The highest BCUT2D eigenvalue weighted by molar-refractivity contribution is 7.10. The monoisotopic (exact) mass is 477 g/mol. The Balaban J connectivity index is 1.73. The van der Waals surface area contributed by atoms with Crippen molar-refractivity contribution in [1.29, 1.82) is 0 Å². The summed E-state index contributed by atoms with van der Waals surface area (Å²) in [5, 5.41) is 13.1. The molecule has 1 aliphatic heterocycles. The van der Waals surface area contributed by atoms with Gasteiger partial charge in [-0.3, -0.25) is 9.59 Å². The smallest absolute Gasteiger partial charge is 0.295 e. The molecule has 34 heavy (non-hydrogen) atoms. The van der Waals surface area contributed by atoms with Crippen LogP contribution in [0.1, 0.15) is 35.9 Å². The number of hydrogen-bond donors (Lipinski definition) is 1. The molecule has 2 aromatic carbocycles. The van der Waals surface area contributed by atoms with E-state index in [1.54, 1.807) is 31.4 Å². The molecule has 6 nitrogen and oxygen atoms in total. The van der Waals surface area contributed by atoms with Gasteiger partial charge in [0.05, 0.1) is 31.9 Å². The van der Waals surface area contributed by atoms with Gasteiger partial charge in [-0.15, -0.1) is 11.3 Å². The average molecular weight is 478 g/mol.